The minimum absolute atomic E-state index is 0.343. The van der Waals surface area contributed by atoms with Crippen molar-refractivity contribution in [3.8, 4) is 45.6 Å². The monoisotopic (exact) mass is 526 g/mol. The van der Waals surface area contributed by atoms with Crippen LogP contribution < -0.4 is 28.4 Å². The molecule has 9 nitrogen and oxygen atoms in total. The average molecular weight is 527 g/mol. The van der Waals surface area contributed by atoms with Crippen LogP contribution in [0.5, 0.6) is 34.5 Å². The number of hydrogen-bond acceptors (Lipinski definition) is 9. The molecule has 0 unspecified atom stereocenters. The Morgan fingerprint density at radius 3 is 2.11 bits per heavy atom. The van der Waals surface area contributed by atoms with Gasteiger partial charge in [-0.15, -0.1) is 0 Å². The molecule has 0 bridgehead atoms. The number of allylic oxidation sites excluding steroid dienone is 1. The smallest absolute Gasteiger partial charge is 0.334 e. The van der Waals surface area contributed by atoms with Gasteiger partial charge in [0.25, 0.3) is 0 Å². The van der Waals surface area contributed by atoms with Crippen LogP contribution in [0.3, 0.4) is 0 Å². The zero-order chi connectivity index (χ0) is 27.2. The Morgan fingerprint density at radius 1 is 0.974 bits per heavy atom. The summed E-state index contributed by atoms with van der Waals surface area (Å²) in [7, 11) is 3.12. The van der Waals surface area contributed by atoms with Gasteiger partial charge in [0, 0.05) is 22.3 Å². The van der Waals surface area contributed by atoms with Crippen molar-refractivity contribution in [1.82, 2.24) is 0 Å². The Bertz CT molecular complexity index is 1290. The summed E-state index contributed by atoms with van der Waals surface area (Å²) in [6, 6.07) is 3.69. The van der Waals surface area contributed by atoms with Crippen LogP contribution in [-0.4, -0.2) is 57.3 Å². The second kappa shape index (κ2) is 9.94. The molecule has 5 rings (SSSR count). The first-order chi connectivity index (χ1) is 18.2. The highest BCUT2D eigenvalue weighted by Crippen LogP contribution is 2.59. The largest absolute Gasteiger partial charge is 0.492 e. The Hall–Kier alpha value is -3.59. The number of fused-ring (bicyclic) bond motifs is 5. The fourth-order valence-electron chi connectivity index (χ4n) is 5.28. The van der Waals surface area contributed by atoms with E-state index >= 15 is 0 Å². The number of aliphatic hydroxyl groups is 1. The summed E-state index contributed by atoms with van der Waals surface area (Å²) in [6.07, 6.45) is 1.05. The molecule has 0 radical (unpaired) electrons. The highest BCUT2D eigenvalue weighted by atomic mass is 16.6. The van der Waals surface area contributed by atoms with Crippen molar-refractivity contribution < 1.29 is 43.1 Å². The van der Waals surface area contributed by atoms with E-state index in [1.165, 1.54) is 0 Å². The molecule has 1 aliphatic carbocycles. The maximum absolute atomic E-state index is 13.1. The lowest BCUT2D eigenvalue weighted by Crippen LogP contribution is -2.44. The topological polar surface area (TPSA) is 102 Å². The van der Waals surface area contributed by atoms with Gasteiger partial charge in [-0.3, -0.25) is 0 Å². The summed E-state index contributed by atoms with van der Waals surface area (Å²) in [5.74, 6) is 1.92. The molecule has 2 heterocycles. The molecule has 2 aromatic rings. The predicted octanol–water partition coefficient (Wildman–Crippen LogP) is 4.41. The van der Waals surface area contributed by atoms with Crippen molar-refractivity contribution in [2.45, 2.75) is 45.8 Å². The zero-order valence-electron chi connectivity index (χ0n) is 22.6. The van der Waals surface area contributed by atoms with Gasteiger partial charge in [-0.2, -0.15) is 0 Å². The summed E-state index contributed by atoms with van der Waals surface area (Å²) in [6.45, 7) is 8.55. The average Bonchev–Trinajstić information content (AvgIpc) is 2.92. The third kappa shape index (κ3) is 4.09. The highest BCUT2D eigenvalue weighted by molar-refractivity contribution is 5.91. The van der Waals surface area contributed by atoms with Crippen LogP contribution in [0.2, 0.25) is 0 Å². The maximum Gasteiger partial charge on any atom is 0.334 e. The first-order valence-corrected chi connectivity index (χ1v) is 12.8. The number of ether oxygens (including phenoxy) is 7. The van der Waals surface area contributed by atoms with Gasteiger partial charge in [0.05, 0.1) is 14.2 Å². The third-order valence-electron chi connectivity index (χ3n) is 7.67. The number of benzene rings is 2. The molecule has 0 amide bonds. The van der Waals surface area contributed by atoms with Gasteiger partial charge in [-0.1, -0.05) is 13.0 Å². The van der Waals surface area contributed by atoms with Crippen molar-refractivity contribution in [3.05, 3.63) is 34.9 Å². The summed E-state index contributed by atoms with van der Waals surface area (Å²) >= 11 is 0. The van der Waals surface area contributed by atoms with E-state index < -0.39 is 17.7 Å². The lowest BCUT2D eigenvalue weighted by molar-refractivity contribution is -0.167. The van der Waals surface area contributed by atoms with Crippen LogP contribution in [0.25, 0.3) is 11.1 Å². The SMILES string of the molecule is C/C=C(\C)C(=O)O[C@H]1c2cc3c(c(OC)c2-c2c(cc4c(c2OC)OCCO4)C[C@H](C)[C@]1(C)O)OCCO3. The van der Waals surface area contributed by atoms with Crippen LogP contribution in [0.15, 0.2) is 23.8 Å². The molecule has 9 heteroatoms. The lowest BCUT2D eigenvalue weighted by Gasteiger charge is -2.41. The van der Waals surface area contributed by atoms with Gasteiger partial charge in [-0.25, -0.2) is 4.79 Å². The van der Waals surface area contributed by atoms with Gasteiger partial charge >= 0.3 is 5.97 Å². The van der Waals surface area contributed by atoms with Gasteiger partial charge in [0.15, 0.2) is 29.1 Å². The standard InChI is InChI=1S/C29H34O9/c1-7-15(2)28(30)38-27-18-14-20-24(37-11-9-35-20)26(33-6)22(18)21-17(12-16(3)29(27,4)31)13-19-23(25(21)32-5)36-10-8-34-19/h7,13-14,16,27,31H,8-12H2,1-6H3/b15-7+/t16-,27-,29-/m0/s1. The molecule has 0 saturated heterocycles. The molecule has 38 heavy (non-hydrogen) atoms. The first kappa shape index (κ1) is 26.0. The zero-order valence-corrected chi connectivity index (χ0v) is 22.6. The number of rotatable bonds is 4. The van der Waals surface area contributed by atoms with E-state index in [-0.39, 0.29) is 5.92 Å². The number of methoxy groups -OCH3 is 2. The quantitative estimate of drug-likeness (QED) is 0.459. The van der Waals surface area contributed by atoms with Crippen molar-refractivity contribution >= 4 is 5.97 Å². The number of carbonyl (C=O) groups excluding carboxylic acids is 1. The fourth-order valence-corrected chi connectivity index (χ4v) is 5.28. The molecule has 1 N–H and O–H groups in total. The van der Waals surface area contributed by atoms with Crippen molar-refractivity contribution in [2.24, 2.45) is 5.92 Å². The molecule has 3 aliphatic rings. The molecule has 3 atom stereocenters. The van der Waals surface area contributed by atoms with Crippen molar-refractivity contribution in [2.75, 3.05) is 40.6 Å². The number of carbonyl (C=O) groups is 1. The lowest BCUT2D eigenvalue weighted by atomic mass is 9.73. The molecule has 2 aromatic carbocycles. The molecule has 0 aromatic heterocycles. The van der Waals surface area contributed by atoms with E-state index in [1.807, 2.05) is 13.0 Å². The second-order valence-corrected chi connectivity index (χ2v) is 9.95. The highest BCUT2D eigenvalue weighted by Gasteiger charge is 2.47. The van der Waals surface area contributed by atoms with E-state index in [9.17, 15) is 9.90 Å². The third-order valence-corrected chi connectivity index (χ3v) is 7.67. The van der Waals surface area contributed by atoms with Gasteiger partial charge in [-0.05, 0) is 50.8 Å². The van der Waals surface area contributed by atoms with Gasteiger partial charge < -0.3 is 38.3 Å². The van der Waals surface area contributed by atoms with E-state index in [1.54, 1.807) is 47.1 Å². The summed E-state index contributed by atoms with van der Waals surface area (Å²) in [4.78, 5) is 13.1. The fraction of sp³-hybridized carbons (Fsp3) is 0.483. The van der Waals surface area contributed by atoms with Crippen LogP contribution in [0.4, 0.5) is 0 Å². The second-order valence-electron chi connectivity index (χ2n) is 9.95. The van der Waals surface area contributed by atoms with Gasteiger partial charge in [0.1, 0.15) is 32.0 Å². The van der Waals surface area contributed by atoms with Crippen LogP contribution in [0, 0.1) is 5.92 Å². The minimum atomic E-state index is -1.47. The van der Waals surface area contributed by atoms with E-state index in [2.05, 4.69) is 0 Å². The Balaban J connectivity index is 1.89. The molecular weight excluding hydrogens is 492 g/mol. The van der Waals surface area contributed by atoms with E-state index in [0.717, 1.165) is 5.56 Å². The number of hydrogen-bond donors (Lipinski definition) is 1. The molecule has 204 valence electrons. The van der Waals surface area contributed by atoms with Crippen LogP contribution in [0.1, 0.15) is 44.9 Å². The molecule has 0 spiro atoms. The molecular formula is C29H34O9. The van der Waals surface area contributed by atoms with E-state index in [0.29, 0.717) is 89.6 Å². The molecule has 0 fully saturated rings. The van der Waals surface area contributed by atoms with Crippen molar-refractivity contribution in [3.63, 3.8) is 0 Å². The van der Waals surface area contributed by atoms with Crippen molar-refractivity contribution in [1.29, 1.82) is 0 Å². The Morgan fingerprint density at radius 2 is 1.53 bits per heavy atom. The number of esters is 1. The summed E-state index contributed by atoms with van der Waals surface area (Å²) in [5.41, 5.74) is 1.61. The first-order valence-electron chi connectivity index (χ1n) is 12.8. The van der Waals surface area contributed by atoms with Crippen LogP contribution in [-0.2, 0) is 16.0 Å². The Labute approximate surface area is 222 Å². The maximum atomic E-state index is 13.1. The summed E-state index contributed by atoms with van der Waals surface area (Å²) in [5, 5.41) is 12.0. The normalized spacial score (nSPS) is 23.8. The van der Waals surface area contributed by atoms with Gasteiger partial charge in [0.2, 0.25) is 11.5 Å². The summed E-state index contributed by atoms with van der Waals surface area (Å²) < 4.78 is 41.9. The predicted molar refractivity (Wildman–Crippen MR) is 139 cm³/mol. The molecule has 0 saturated carbocycles. The molecule has 2 aliphatic heterocycles. The Kier molecular flexibility index (Phi) is 6.81. The van der Waals surface area contributed by atoms with E-state index in [4.69, 9.17) is 33.2 Å². The van der Waals surface area contributed by atoms with Crippen LogP contribution >= 0.6 is 0 Å². The minimum Gasteiger partial charge on any atom is -0.492 e.